The number of aromatic nitrogens is 2. The van der Waals surface area contributed by atoms with Crippen LogP contribution in [0.25, 0.3) is 10.2 Å². The lowest BCUT2D eigenvalue weighted by molar-refractivity contribution is 0.102. The number of thiophene rings is 1. The van der Waals surface area contributed by atoms with E-state index in [0.717, 1.165) is 35.3 Å². The second-order valence-electron chi connectivity index (χ2n) is 6.83. The summed E-state index contributed by atoms with van der Waals surface area (Å²) in [7, 11) is 2.08. The molecular formula is C20H20FN3O2S2. The number of rotatable bonds is 5. The molecule has 1 aliphatic rings. The van der Waals surface area contributed by atoms with Crippen LogP contribution in [-0.4, -0.2) is 39.6 Å². The lowest BCUT2D eigenvalue weighted by Crippen LogP contribution is -2.27. The molecule has 5 nitrogen and oxygen atoms in total. The number of hydrogen-bond donors (Lipinski definition) is 0. The molecule has 0 saturated heterocycles. The van der Waals surface area contributed by atoms with Crippen molar-refractivity contribution < 1.29 is 9.18 Å². The summed E-state index contributed by atoms with van der Waals surface area (Å²) in [6, 6.07) is 5.51. The maximum Gasteiger partial charge on any atom is 0.263 e. The van der Waals surface area contributed by atoms with Crippen LogP contribution in [0.5, 0.6) is 0 Å². The van der Waals surface area contributed by atoms with Gasteiger partial charge in [0, 0.05) is 30.1 Å². The van der Waals surface area contributed by atoms with E-state index in [-0.39, 0.29) is 22.9 Å². The van der Waals surface area contributed by atoms with E-state index < -0.39 is 0 Å². The molecule has 0 amide bonds. The molecule has 0 unspecified atom stereocenters. The quantitative estimate of drug-likeness (QED) is 0.361. The third kappa shape index (κ3) is 3.52. The first-order chi connectivity index (χ1) is 13.5. The van der Waals surface area contributed by atoms with Gasteiger partial charge in [-0.2, -0.15) is 0 Å². The van der Waals surface area contributed by atoms with Crippen molar-refractivity contribution in [1.29, 1.82) is 0 Å². The lowest BCUT2D eigenvalue weighted by atomic mass is 10.1. The van der Waals surface area contributed by atoms with E-state index in [2.05, 4.69) is 11.9 Å². The van der Waals surface area contributed by atoms with Gasteiger partial charge in [0.15, 0.2) is 10.9 Å². The average molecular weight is 418 g/mol. The molecule has 3 heterocycles. The molecule has 0 fully saturated rings. The highest BCUT2D eigenvalue weighted by molar-refractivity contribution is 7.99. The zero-order valence-electron chi connectivity index (χ0n) is 15.7. The van der Waals surface area contributed by atoms with Crippen molar-refractivity contribution in [3.8, 4) is 0 Å². The molecule has 28 heavy (non-hydrogen) atoms. The van der Waals surface area contributed by atoms with E-state index in [1.165, 1.54) is 40.9 Å². The van der Waals surface area contributed by atoms with Crippen LogP contribution in [-0.2, 0) is 19.5 Å². The van der Waals surface area contributed by atoms with Gasteiger partial charge >= 0.3 is 0 Å². The minimum Gasteiger partial charge on any atom is -0.301 e. The number of halogens is 1. The second kappa shape index (κ2) is 7.77. The topological polar surface area (TPSA) is 55.2 Å². The molecule has 0 atom stereocenters. The highest BCUT2D eigenvalue weighted by atomic mass is 32.2. The first kappa shape index (κ1) is 19.3. The molecule has 4 rings (SSSR count). The van der Waals surface area contributed by atoms with Crippen molar-refractivity contribution in [3.63, 3.8) is 0 Å². The SMILES string of the molecule is CCn1c(SCC(=O)c2ccc(F)cc2)nc2sc3c(c2c1=O)CCN(C)C3. The summed E-state index contributed by atoms with van der Waals surface area (Å²) in [6.07, 6.45) is 0.863. The number of carbonyl (C=O) groups is 1. The van der Waals surface area contributed by atoms with E-state index in [9.17, 15) is 14.0 Å². The molecule has 1 aromatic carbocycles. The Morgan fingerprint density at radius 1 is 1.32 bits per heavy atom. The van der Waals surface area contributed by atoms with Gasteiger partial charge in [-0.25, -0.2) is 9.37 Å². The van der Waals surface area contributed by atoms with E-state index in [1.807, 2.05) is 6.92 Å². The summed E-state index contributed by atoms with van der Waals surface area (Å²) >= 11 is 2.84. The molecule has 2 aromatic heterocycles. The Bertz CT molecular complexity index is 1110. The number of hydrogen-bond acceptors (Lipinski definition) is 6. The summed E-state index contributed by atoms with van der Waals surface area (Å²) in [5, 5.41) is 1.30. The lowest BCUT2D eigenvalue weighted by Gasteiger charge is -2.21. The Hall–Kier alpha value is -2.03. The Labute approximate surface area is 170 Å². The zero-order chi connectivity index (χ0) is 19.8. The van der Waals surface area contributed by atoms with Crippen molar-refractivity contribution in [3.05, 3.63) is 56.4 Å². The fraction of sp³-hybridized carbons (Fsp3) is 0.350. The fourth-order valence-electron chi connectivity index (χ4n) is 3.42. The van der Waals surface area contributed by atoms with Gasteiger partial charge in [-0.05, 0) is 50.2 Å². The zero-order valence-corrected chi connectivity index (χ0v) is 17.3. The van der Waals surface area contributed by atoms with Gasteiger partial charge in [0.1, 0.15) is 10.6 Å². The number of ketones is 1. The number of carbonyl (C=O) groups excluding carboxylic acids is 1. The molecule has 8 heteroatoms. The van der Waals surface area contributed by atoms with Crippen molar-refractivity contribution in [2.24, 2.45) is 0 Å². The Kier molecular flexibility index (Phi) is 5.35. The van der Waals surface area contributed by atoms with Crippen molar-refractivity contribution in [2.45, 2.75) is 31.6 Å². The molecule has 0 spiro atoms. The minimum atomic E-state index is -0.372. The van der Waals surface area contributed by atoms with E-state index in [1.54, 1.807) is 15.9 Å². The summed E-state index contributed by atoms with van der Waals surface area (Å²) in [5.41, 5.74) is 1.57. The fourth-order valence-corrected chi connectivity index (χ4v) is 5.72. The highest BCUT2D eigenvalue weighted by Gasteiger charge is 2.24. The number of nitrogens with zero attached hydrogens (tertiary/aromatic N) is 3. The monoisotopic (exact) mass is 417 g/mol. The average Bonchev–Trinajstić information content (AvgIpc) is 3.04. The Morgan fingerprint density at radius 2 is 2.07 bits per heavy atom. The normalized spacial score (nSPS) is 14.4. The number of fused-ring (bicyclic) bond motifs is 3. The van der Waals surface area contributed by atoms with E-state index in [0.29, 0.717) is 17.3 Å². The first-order valence-corrected chi connectivity index (χ1v) is 10.9. The number of likely N-dealkylation sites (N-methyl/N-ethyl adjacent to an activating group) is 1. The maximum absolute atomic E-state index is 13.1. The predicted octanol–water partition coefficient (Wildman–Crippen LogP) is 3.58. The van der Waals surface area contributed by atoms with E-state index >= 15 is 0 Å². The smallest absolute Gasteiger partial charge is 0.263 e. The molecule has 0 saturated carbocycles. The van der Waals surface area contributed by atoms with Crippen LogP contribution in [0.4, 0.5) is 4.39 Å². The third-order valence-electron chi connectivity index (χ3n) is 4.93. The summed E-state index contributed by atoms with van der Waals surface area (Å²) in [4.78, 5) is 34.5. The second-order valence-corrected chi connectivity index (χ2v) is 8.86. The predicted molar refractivity (Wildman–Crippen MR) is 111 cm³/mol. The van der Waals surface area contributed by atoms with Gasteiger partial charge < -0.3 is 4.90 Å². The molecular weight excluding hydrogens is 397 g/mol. The van der Waals surface area contributed by atoms with Crippen molar-refractivity contribution in [1.82, 2.24) is 14.5 Å². The number of thioether (sulfide) groups is 1. The largest absolute Gasteiger partial charge is 0.301 e. The molecule has 3 aromatic rings. The van der Waals surface area contributed by atoms with Crippen LogP contribution in [0.1, 0.15) is 27.7 Å². The van der Waals surface area contributed by atoms with Crippen LogP contribution in [0.15, 0.2) is 34.2 Å². The molecule has 0 radical (unpaired) electrons. The molecule has 0 bridgehead atoms. The van der Waals surface area contributed by atoms with Crippen molar-refractivity contribution in [2.75, 3.05) is 19.3 Å². The summed E-state index contributed by atoms with van der Waals surface area (Å²) in [6.45, 7) is 4.19. The highest BCUT2D eigenvalue weighted by Crippen LogP contribution is 2.33. The number of Topliss-reactive ketones (excluding diaryl/α,β-unsaturated/α-hetero) is 1. The van der Waals surface area contributed by atoms with Gasteiger partial charge in [-0.15, -0.1) is 11.3 Å². The van der Waals surface area contributed by atoms with Crippen LogP contribution >= 0.6 is 23.1 Å². The maximum atomic E-state index is 13.1. The minimum absolute atomic E-state index is 0.0220. The molecule has 1 aliphatic heterocycles. The third-order valence-corrected chi connectivity index (χ3v) is 7.02. The summed E-state index contributed by atoms with van der Waals surface area (Å²) < 4.78 is 14.7. The van der Waals surface area contributed by atoms with Gasteiger partial charge in [0.05, 0.1) is 11.1 Å². The Morgan fingerprint density at radius 3 is 2.79 bits per heavy atom. The van der Waals surface area contributed by atoms with Gasteiger partial charge in [-0.1, -0.05) is 11.8 Å². The van der Waals surface area contributed by atoms with Gasteiger partial charge in [-0.3, -0.25) is 14.2 Å². The Balaban J connectivity index is 1.66. The van der Waals surface area contributed by atoms with Crippen LogP contribution in [0.2, 0.25) is 0 Å². The van der Waals surface area contributed by atoms with Crippen LogP contribution in [0, 0.1) is 5.82 Å². The van der Waals surface area contributed by atoms with Crippen LogP contribution in [0.3, 0.4) is 0 Å². The standard InChI is InChI=1S/C20H20FN3O2S2/c1-3-24-19(26)17-14-8-9-23(2)10-16(14)28-18(17)22-20(24)27-11-15(25)12-4-6-13(21)7-5-12/h4-7H,3,8-11H2,1-2H3. The van der Waals surface area contributed by atoms with E-state index in [4.69, 9.17) is 4.98 Å². The van der Waals surface area contributed by atoms with Crippen molar-refractivity contribution >= 4 is 39.1 Å². The molecule has 146 valence electrons. The van der Waals surface area contributed by atoms with Gasteiger partial charge in [0.2, 0.25) is 0 Å². The summed E-state index contributed by atoms with van der Waals surface area (Å²) in [5.74, 6) is -0.338. The molecule has 0 aliphatic carbocycles. The van der Waals surface area contributed by atoms with Crippen LogP contribution < -0.4 is 5.56 Å². The number of benzene rings is 1. The molecule has 0 N–H and O–H groups in total. The van der Waals surface area contributed by atoms with Gasteiger partial charge in [0.25, 0.3) is 5.56 Å². The first-order valence-electron chi connectivity index (χ1n) is 9.13.